The molecule has 0 bridgehead atoms. The Kier molecular flexibility index (Phi) is 12.4. The van der Waals surface area contributed by atoms with Gasteiger partial charge in [-0.05, 0) is 85.5 Å². The average molecular weight is 680 g/mol. The van der Waals surface area contributed by atoms with Gasteiger partial charge in [0.1, 0.15) is 5.75 Å². The van der Waals surface area contributed by atoms with Crippen molar-refractivity contribution in [3.8, 4) is 5.75 Å². The molecule has 0 unspecified atom stereocenters. The lowest BCUT2D eigenvalue weighted by atomic mass is 9.89. The van der Waals surface area contributed by atoms with Crippen molar-refractivity contribution in [3.05, 3.63) is 86.9 Å². The van der Waals surface area contributed by atoms with E-state index in [1.54, 1.807) is 42.5 Å². The van der Waals surface area contributed by atoms with E-state index < -0.39 is 0 Å². The zero-order valence-corrected chi connectivity index (χ0v) is 28.2. The molecule has 3 aromatic carbocycles. The second-order valence-electron chi connectivity index (χ2n) is 12.7. The van der Waals surface area contributed by atoms with Crippen LogP contribution in [0.25, 0.3) is 0 Å². The maximum atomic E-state index is 12.9. The van der Waals surface area contributed by atoms with Gasteiger partial charge in [-0.2, -0.15) is 0 Å². The smallest absolute Gasteiger partial charge is 0.259 e. The third-order valence-corrected chi connectivity index (χ3v) is 9.72. The molecule has 3 aromatic rings. The van der Waals surface area contributed by atoms with Crippen molar-refractivity contribution >= 4 is 52.3 Å². The van der Waals surface area contributed by atoms with Gasteiger partial charge in [0.2, 0.25) is 0 Å². The molecule has 5 N–H and O–H groups in total. The summed E-state index contributed by atoms with van der Waals surface area (Å²) in [7, 11) is 0. The topological polar surface area (TPSA) is 123 Å². The van der Waals surface area contributed by atoms with Gasteiger partial charge in [0.15, 0.2) is 0 Å². The lowest BCUT2D eigenvalue weighted by molar-refractivity contribution is 0.0936. The largest absolute Gasteiger partial charge is 0.492 e. The molecular formula is C37H44Cl2N4O4. The van der Waals surface area contributed by atoms with E-state index in [2.05, 4.69) is 16.0 Å². The van der Waals surface area contributed by atoms with Crippen molar-refractivity contribution < 1.29 is 19.1 Å². The van der Waals surface area contributed by atoms with E-state index in [-0.39, 0.29) is 17.7 Å². The standard InChI is InChI=1S/C23H25ClN2O3.C14H19ClN2O/c24-17-9-10-20(19(13-17)22(27)25-14-15-5-2-1-3-6-15)26-23(28)18-8-4-7-16-11-12-29-21(16)18;15-11-6-7-13(16)12(8-11)14(18)17-9-10-4-2-1-3-5-10/h4,7-10,13,15H,1-3,5-6,11-12,14H2,(H,25,27)(H,26,28);6-8,10H,1-5,9,16H2,(H,17,18). The van der Waals surface area contributed by atoms with Crippen molar-refractivity contribution in [2.45, 2.75) is 70.6 Å². The van der Waals surface area contributed by atoms with Gasteiger partial charge in [-0.3, -0.25) is 14.4 Å². The Morgan fingerprint density at radius 1 is 0.702 bits per heavy atom. The second kappa shape index (κ2) is 16.9. The number of rotatable bonds is 8. The van der Waals surface area contributed by atoms with Gasteiger partial charge < -0.3 is 26.4 Å². The third kappa shape index (κ3) is 9.64. The van der Waals surface area contributed by atoms with Gasteiger partial charge in [0.05, 0.1) is 29.0 Å². The summed E-state index contributed by atoms with van der Waals surface area (Å²) in [6.07, 6.45) is 13.1. The fraction of sp³-hybridized carbons (Fsp3) is 0.432. The molecule has 250 valence electrons. The van der Waals surface area contributed by atoms with Crippen LogP contribution in [0.15, 0.2) is 54.6 Å². The van der Waals surface area contributed by atoms with Crippen LogP contribution < -0.4 is 26.4 Å². The number of hydrogen-bond acceptors (Lipinski definition) is 5. The summed E-state index contributed by atoms with van der Waals surface area (Å²) < 4.78 is 5.63. The summed E-state index contributed by atoms with van der Waals surface area (Å²) >= 11 is 12.0. The van der Waals surface area contributed by atoms with Gasteiger partial charge in [0, 0.05) is 35.2 Å². The van der Waals surface area contributed by atoms with E-state index in [1.165, 1.54) is 51.4 Å². The van der Waals surface area contributed by atoms with Crippen LogP contribution in [0.5, 0.6) is 5.75 Å². The van der Waals surface area contributed by atoms with Crippen LogP contribution in [0.1, 0.15) is 101 Å². The van der Waals surface area contributed by atoms with Crippen LogP contribution in [-0.4, -0.2) is 37.4 Å². The molecule has 6 rings (SSSR count). The minimum absolute atomic E-state index is 0.124. The number of para-hydroxylation sites is 1. The monoisotopic (exact) mass is 678 g/mol. The van der Waals surface area contributed by atoms with Crippen LogP contribution in [0, 0.1) is 11.8 Å². The molecule has 1 aliphatic heterocycles. The summed E-state index contributed by atoms with van der Waals surface area (Å²) in [6, 6.07) is 15.5. The normalized spacial score (nSPS) is 16.2. The average Bonchev–Trinajstić information content (AvgIpc) is 3.58. The van der Waals surface area contributed by atoms with Gasteiger partial charge in [-0.1, -0.05) is 73.9 Å². The SMILES string of the molecule is Nc1ccc(Cl)cc1C(=O)NCC1CCCCC1.O=C(NCC1CCCCC1)c1cc(Cl)ccc1NC(=O)c1cccc2c1OCC2. The number of nitrogens with two attached hydrogens (primary N) is 1. The Balaban J connectivity index is 0.000000207. The van der Waals surface area contributed by atoms with E-state index >= 15 is 0 Å². The Hall–Kier alpha value is -3.75. The molecule has 8 nitrogen and oxygen atoms in total. The number of carbonyl (C=O) groups is 3. The van der Waals surface area contributed by atoms with Crippen molar-refractivity contribution in [2.75, 3.05) is 30.7 Å². The summed E-state index contributed by atoms with van der Waals surface area (Å²) in [5, 5.41) is 9.83. The number of amides is 3. The molecule has 0 aromatic heterocycles. The molecule has 0 spiro atoms. The fourth-order valence-electron chi connectivity index (χ4n) is 6.57. The first-order chi connectivity index (χ1) is 22.8. The van der Waals surface area contributed by atoms with Crippen LogP contribution in [0.3, 0.4) is 0 Å². The molecule has 2 aliphatic carbocycles. The van der Waals surface area contributed by atoms with E-state index in [9.17, 15) is 14.4 Å². The van der Waals surface area contributed by atoms with Crippen molar-refractivity contribution in [1.82, 2.24) is 10.6 Å². The van der Waals surface area contributed by atoms with Crippen LogP contribution >= 0.6 is 23.2 Å². The van der Waals surface area contributed by atoms with Gasteiger partial charge >= 0.3 is 0 Å². The van der Waals surface area contributed by atoms with Crippen molar-refractivity contribution in [2.24, 2.45) is 11.8 Å². The minimum Gasteiger partial charge on any atom is -0.492 e. The van der Waals surface area contributed by atoms with Crippen molar-refractivity contribution in [1.29, 1.82) is 0 Å². The second-order valence-corrected chi connectivity index (χ2v) is 13.6. The number of benzene rings is 3. The molecule has 47 heavy (non-hydrogen) atoms. The number of anilines is 2. The Labute approximate surface area is 287 Å². The molecule has 2 saturated carbocycles. The predicted octanol–water partition coefficient (Wildman–Crippen LogP) is 8.07. The zero-order chi connectivity index (χ0) is 33.2. The van der Waals surface area contributed by atoms with E-state index in [0.717, 1.165) is 31.4 Å². The highest BCUT2D eigenvalue weighted by molar-refractivity contribution is 6.31. The summed E-state index contributed by atoms with van der Waals surface area (Å²) in [6.45, 7) is 1.97. The first kappa shape index (κ1) is 34.6. The molecule has 3 aliphatic rings. The number of nitrogen functional groups attached to an aromatic ring is 1. The van der Waals surface area contributed by atoms with E-state index in [0.29, 0.717) is 68.8 Å². The number of halogens is 2. The Morgan fingerprint density at radius 2 is 1.28 bits per heavy atom. The Morgan fingerprint density at radius 3 is 1.91 bits per heavy atom. The number of fused-ring (bicyclic) bond motifs is 1. The molecule has 3 amide bonds. The zero-order valence-electron chi connectivity index (χ0n) is 26.7. The van der Waals surface area contributed by atoms with Crippen LogP contribution in [0.2, 0.25) is 10.0 Å². The third-order valence-electron chi connectivity index (χ3n) is 9.25. The first-order valence-electron chi connectivity index (χ1n) is 16.8. The minimum atomic E-state index is -0.299. The number of nitrogens with one attached hydrogen (secondary N) is 3. The molecule has 0 radical (unpaired) electrons. The molecule has 1 heterocycles. The lowest BCUT2D eigenvalue weighted by Gasteiger charge is -2.22. The molecule has 0 atom stereocenters. The number of ether oxygens (including phenoxy) is 1. The highest BCUT2D eigenvalue weighted by Gasteiger charge is 2.23. The summed E-state index contributed by atoms with van der Waals surface area (Å²) in [5.41, 5.74) is 9.04. The maximum absolute atomic E-state index is 12.9. The van der Waals surface area contributed by atoms with Gasteiger partial charge in [0.25, 0.3) is 17.7 Å². The highest BCUT2D eigenvalue weighted by atomic mass is 35.5. The van der Waals surface area contributed by atoms with Crippen LogP contribution in [0.4, 0.5) is 11.4 Å². The highest BCUT2D eigenvalue weighted by Crippen LogP contribution is 2.31. The quantitative estimate of drug-likeness (QED) is 0.180. The summed E-state index contributed by atoms with van der Waals surface area (Å²) in [4.78, 5) is 37.7. The molecule has 2 fully saturated rings. The van der Waals surface area contributed by atoms with Gasteiger partial charge in [-0.15, -0.1) is 0 Å². The van der Waals surface area contributed by atoms with E-state index in [4.69, 9.17) is 33.7 Å². The number of carbonyl (C=O) groups excluding carboxylic acids is 3. The fourth-order valence-corrected chi connectivity index (χ4v) is 6.91. The lowest BCUT2D eigenvalue weighted by Crippen LogP contribution is -2.31. The summed E-state index contributed by atoms with van der Waals surface area (Å²) in [5.74, 6) is 1.12. The Bertz CT molecular complexity index is 1570. The number of hydrogen-bond donors (Lipinski definition) is 4. The predicted molar refractivity (Wildman–Crippen MR) is 189 cm³/mol. The van der Waals surface area contributed by atoms with E-state index in [1.807, 2.05) is 12.1 Å². The van der Waals surface area contributed by atoms with Crippen LogP contribution in [-0.2, 0) is 6.42 Å². The molecular weight excluding hydrogens is 635 g/mol. The first-order valence-corrected chi connectivity index (χ1v) is 17.5. The molecule has 0 saturated heterocycles. The molecule has 10 heteroatoms. The van der Waals surface area contributed by atoms with Gasteiger partial charge in [-0.25, -0.2) is 0 Å². The maximum Gasteiger partial charge on any atom is 0.259 e. The van der Waals surface area contributed by atoms with Crippen molar-refractivity contribution in [3.63, 3.8) is 0 Å².